The fraction of sp³-hybridized carbons (Fsp3) is 0.167. The molecule has 0 saturated carbocycles. The smallest absolute Gasteiger partial charge is 0.297 e. The lowest BCUT2D eigenvalue weighted by Crippen LogP contribution is -2.10. The number of nitrogens with two attached hydrogens (primary N) is 1. The van der Waals surface area contributed by atoms with Gasteiger partial charge in [0.15, 0.2) is 9.84 Å². The maximum atomic E-state index is 11.9. The molecule has 2 aromatic rings. The first kappa shape index (κ1) is 15.7. The van der Waals surface area contributed by atoms with Crippen LogP contribution in [0.2, 0.25) is 0 Å². The van der Waals surface area contributed by atoms with E-state index in [1.54, 1.807) is 0 Å². The zero-order chi connectivity index (χ0) is 15.8. The highest BCUT2D eigenvalue weighted by molar-refractivity contribution is 7.91. The molecule has 2 rings (SSSR count). The van der Waals surface area contributed by atoms with Crippen molar-refractivity contribution in [3.63, 3.8) is 0 Å². The highest BCUT2D eigenvalue weighted by Crippen LogP contribution is 2.30. The number of benzene rings is 2. The van der Waals surface area contributed by atoms with E-state index < -0.39 is 37.2 Å². The number of sulfone groups is 1. The molecule has 4 N–H and O–H groups in total. The van der Waals surface area contributed by atoms with Gasteiger partial charge in [-0.3, -0.25) is 4.55 Å². The summed E-state index contributed by atoms with van der Waals surface area (Å²) >= 11 is 0. The summed E-state index contributed by atoms with van der Waals surface area (Å²) in [4.78, 5) is -0.499. The third-order valence-electron chi connectivity index (χ3n) is 2.95. The lowest BCUT2D eigenvalue weighted by atomic mass is 10.1. The average molecular weight is 331 g/mol. The molecule has 7 nitrogen and oxygen atoms in total. The first-order chi connectivity index (χ1) is 9.66. The molecule has 0 atom stereocenters. The predicted octanol–water partition coefficient (Wildman–Crippen LogP) is 0.435. The first-order valence-electron chi connectivity index (χ1n) is 5.80. The summed E-state index contributed by atoms with van der Waals surface area (Å²) in [5.41, 5.74) is 5.43. The van der Waals surface area contributed by atoms with Gasteiger partial charge in [-0.25, -0.2) is 8.42 Å². The van der Waals surface area contributed by atoms with Crippen LogP contribution in [0.4, 0.5) is 5.69 Å². The Morgan fingerprint density at radius 2 is 1.71 bits per heavy atom. The Labute approximate surface area is 121 Å². The van der Waals surface area contributed by atoms with Crippen molar-refractivity contribution in [3.8, 4) is 0 Å². The number of aliphatic hydroxyl groups excluding tert-OH is 1. The Hall–Kier alpha value is -1.68. The molecule has 0 amide bonds. The first-order valence-corrected chi connectivity index (χ1v) is 8.89. The van der Waals surface area contributed by atoms with Crippen molar-refractivity contribution in [1.29, 1.82) is 0 Å². The van der Waals surface area contributed by atoms with Crippen LogP contribution in [0.1, 0.15) is 0 Å². The van der Waals surface area contributed by atoms with E-state index >= 15 is 0 Å². The second-order valence-corrected chi connectivity index (χ2v) is 7.85. The molecule has 0 saturated heterocycles. The van der Waals surface area contributed by atoms with Gasteiger partial charge in [-0.15, -0.1) is 0 Å². The van der Waals surface area contributed by atoms with Crippen molar-refractivity contribution in [2.45, 2.75) is 9.79 Å². The summed E-state index contributed by atoms with van der Waals surface area (Å²) in [6, 6.07) is 6.47. The zero-order valence-electron chi connectivity index (χ0n) is 10.7. The monoisotopic (exact) mass is 331 g/mol. The molecule has 0 aromatic heterocycles. The fourth-order valence-electron chi connectivity index (χ4n) is 2.02. The molecule has 0 spiro atoms. The predicted molar refractivity (Wildman–Crippen MR) is 77.3 cm³/mol. The van der Waals surface area contributed by atoms with Crippen LogP contribution in [0.3, 0.4) is 0 Å². The molecule has 0 aliphatic rings. The minimum absolute atomic E-state index is 0.0462. The molecule has 0 heterocycles. The Balaban J connectivity index is 2.77. The molecular weight excluding hydrogens is 318 g/mol. The molecule has 0 aliphatic heterocycles. The van der Waals surface area contributed by atoms with E-state index in [4.69, 9.17) is 10.8 Å². The molecule has 114 valence electrons. The summed E-state index contributed by atoms with van der Waals surface area (Å²) in [7, 11) is -8.19. The third-order valence-corrected chi connectivity index (χ3v) is 5.61. The van der Waals surface area contributed by atoms with Gasteiger partial charge in [-0.1, -0.05) is 12.1 Å². The quantitative estimate of drug-likeness (QED) is 0.546. The van der Waals surface area contributed by atoms with Crippen LogP contribution in [-0.4, -0.2) is 38.9 Å². The summed E-state index contributed by atoms with van der Waals surface area (Å²) in [6.07, 6.45) is 0. The summed E-state index contributed by atoms with van der Waals surface area (Å²) in [5.74, 6) is -0.432. The molecule has 21 heavy (non-hydrogen) atoms. The molecule has 0 radical (unpaired) electrons. The molecule has 0 unspecified atom stereocenters. The molecule has 2 aromatic carbocycles. The van der Waals surface area contributed by atoms with Gasteiger partial charge in [0, 0.05) is 5.39 Å². The highest BCUT2D eigenvalue weighted by Gasteiger charge is 2.20. The molecule has 0 fully saturated rings. The van der Waals surface area contributed by atoms with E-state index in [2.05, 4.69) is 0 Å². The Bertz CT molecular complexity index is 903. The number of aliphatic hydroxyl groups is 1. The van der Waals surface area contributed by atoms with Crippen molar-refractivity contribution < 1.29 is 26.5 Å². The van der Waals surface area contributed by atoms with E-state index in [1.807, 2.05) is 0 Å². The number of anilines is 1. The van der Waals surface area contributed by atoms with Crippen LogP contribution >= 0.6 is 0 Å². The summed E-state index contributed by atoms with van der Waals surface area (Å²) in [6.45, 7) is -0.515. The lowest BCUT2D eigenvalue weighted by Gasteiger charge is -2.09. The Morgan fingerprint density at radius 3 is 2.29 bits per heavy atom. The van der Waals surface area contributed by atoms with Gasteiger partial charge in [0.2, 0.25) is 0 Å². The third kappa shape index (κ3) is 3.00. The van der Waals surface area contributed by atoms with Gasteiger partial charge in [0.05, 0.1) is 22.9 Å². The van der Waals surface area contributed by atoms with Crippen molar-refractivity contribution in [2.24, 2.45) is 0 Å². The topological polar surface area (TPSA) is 135 Å². The maximum Gasteiger partial charge on any atom is 0.297 e. The number of hydrogen-bond acceptors (Lipinski definition) is 6. The largest absolute Gasteiger partial charge is 0.398 e. The minimum Gasteiger partial charge on any atom is -0.398 e. The van der Waals surface area contributed by atoms with Gasteiger partial charge in [-0.2, -0.15) is 8.42 Å². The van der Waals surface area contributed by atoms with Crippen LogP contribution in [0, 0.1) is 0 Å². The fourth-order valence-corrected chi connectivity index (χ4v) is 3.90. The van der Waals surface area contributed by atoms with Gasteiger partial charge in [-0.05, 0) is 23.6 Å². The number of hydrogen-bond donors (Lipinski definition) is 3. The highest BCUT2D eigenvalue weighted by atomic mass is 32.2. The normalized spacial score (nSPS) is 12.7. The van der Waals surface area contributed by atoms with Gasteiger partial charge in [0.1, 0.15) is 4.90 Å². The van der Waals surface area contributed by atoms with E-state index in [0.717, 1.165) is 0 Å². The SMILES string of the molecule is Nc1ccc2cc(S(=O)(=O)CCO)ccc2c1S(=O)(=O)O. The van der Waals surface area contributed by atoms with Crippen LogP contribution in [0.15, 0.2) is 40.1 Å². The average Bonchev–Trinajstić information content (AvgIpc) is 2.36. The van der Waals surface area contributed by atoms with Crippen molar-refractivity contribution in [2.75, 3.05) is 18.1 Å². The van der Waals surface area contributed by atoms with E-state index in [9.17, 15) is 21.4 Å². The molecular formula is C12H13NO6S2. The molecule has 9 heteroatoms. The van der Waals surface area contributed by atoms with E-state index in [0.29, 0.717) is 5.39 Å². The zero-order valence-corrected chi connectivity index (χ0v) is 12.4. The standard InChI is InChI=1S/C12H13NO6S2/c13-11-4-1-8-7-9(20(15,16)6-5-14)2-3-10(8)12(11)21(17,18)19/h1-4,7,14H,5-6,13H2,(H,17,18,19). The molecule has 0 aliphatic carbocycles. The summed E-state index contributed by atoms with van der Waals surface area (Å²) < 4.78 is 55.7. The van der Waals surface area contributed by atoms with E-state index in [1.165, 1.54) is 30.3 Å². The van der Waals surface area contributed by atoms with Crippen LogP contribution in [0.25, 0.3) is 10.8 Å². The molecule has 0 bridgehead atoms. The number of nitrogen functional groups attached to an aromatic ring is 1. The van der Waals surface area contributed by atoms with Gasteiger partial charge >= 0.3 is 0 Å². The minimum atomic E-state index is -4.53. The second-order valence-electron chi connectivity index (χ2n) is 4.38. The Kier molecular flexibility index (Phi) is 3.93. The lowest BCUT2D eigenvalue weighted by molar-refractivity contribution is 0.319. The van der Waals surface area contributed by atoms with Crippen LogP contribution in [0.5, 0.6) is 0 Å². The van der Waals surface area contributed by atoms with Crippen molar-refractivity contribution in [3.05, 3.63) is 30.3 Å². The second kappa shape index (κ2) is 5.26. The van der Waals surface area contributed by atoms with Crippen molar-refractivity contribution in [1.82, 2.24) is 0 Å². The maximum absolute atomic E-state index is 11.9. The van der Waals surface area contributed by atoms with Crippen LogP contribution in [-0.2, 0) is 20.0 Å². The summed E-state index contributed by atoms with van der Waals surface area (Å²) in [5, 5.41) is 9.18. The van der Waals surface area contributed by atoms with Crippen LogP contribution < -0.4 is 5.73 Å². The van der Waals surface area contributed by atoms with Crippen molar-refractivity contribution >= 4 is 36.4 Å². The van der Waals surface area contributed by atoms with Gasteiger partial charge < -0.3 is 10.8 Å². The Morgan fingerprint density at radius 1 is 1.05 bits per heavy atom. The number of fused-ring (bicyclic) bond motifs is 1. The van der Waals surface area contributed by atoms with Gasteiger partial charge in [0.25, 0.3) is 10.1 Å². The number of rotatable bonds is 4. The van der Waals surface area contributed by atoms with E-state index in [-0.39, 0.29) is 16.0 Å².